The number of hydrogen-bond acceptors (Lipinski definition) is 0. The van der Waals surface area contributed by atoms with Gasteiger partial charge in [0, 0.05) is 0 Å². The third-order valence-electron chi connectivity index (χ3n) is 12.9. The van der Waals surface area contributed by atoms with Gasteiger partial charge in [-0.15, -0.1) is 0 Å². The van der Waals surface area contributed by atoms with Crippen LogP contribution in [0.5, 0.6) is 0 Å². The molecule has 2 aliphatic carbocycles. The Hall–Kier alpha value is -2.73. The first-order valence-corrected chi connectivity index (χ1v) is 26.4. The van der Waals surface area contributed by atoms with E-state index in [4.69, 9.17) is 0 Å². The molecular formula is C56H68Cl2F6Zr. The van der Waals surface area contributed by atoms with Gasteiger partial charge in [0.15, 0.2) is 0 Å². The molecule has 9 heteroatoms. The van der Waals surface area contributed by atoms with Gasteiger partial charge in [-0.25, -0.2) is 0 Å². The van der Waals surface area contributed by atoms with Crippen LogP contribution in [-0.4, -0.2) is 3.21 Å². The van der Waals surface area contributed by atoms with E-state index >= 15 is 0 Å². The third-order valence-corrected chi connectivity index (χ3v) is 21.4. The summed E-state index contributed by atoms with van der Waals surface area (Å²) < 4.78 is 90.5. The topological polar surface area (TPSA) is 0 Å². The molecule has 0 aromatic heterocycles. The molecule has 0 N–H and O–H groups in total. The standard InChI is InChI=1S/C29H41.C15H8F6.C12H19.2ClH.Zr/c1-26(2,3)22-14-18-13-19-15-23(27(4,5)6)25(29(10,11)12)17-21(19)20(18)16-24(22)28(7,8)9;16-14(17,18)12-5-1-3-10(8-12)7-11-4-2-6-13(9-11)15(19,20)21;1-5-6-10-7-8-11(9-10)12(2,3)4;;;/h13-17H,1-12H3;1-6,8-9H;8-10H,5-6H2,1-4H3;2*1H;/q;;;;;+2/p-2. The van der Waals surface area contributed by atoms with Crippen LogP contribution in [0.3, 0.4) is 0 Å². The van der Waals surface area contributed by atoms with Crippen molar-refractivity contribution in [2.45, 2.75) is 161 Å². The summed E-state index contributed by atoms with van der Waals surface area (Å²) in [4.78, 5) is 0. The van der Waals surface area contributed by atoms with Gasteiger partial charge < -0.3 is 24.8 Å². The quantitative estimate of drug-likeness (QED) is 0.169. The maximum absolute atomic E-state index is 14.8. The smallest absolute Gasteiger partial charge is 1.00 e. The minimum atomic E-state index is -4.65. The van der Waals surface area contributed by atoms with Crippen molar-refractivity contribution in [3.05, 3.63) is 149 Å². The van der Waals surface area contributed by atoms with E-state index in [-0.39, 0.29) is 61.4 Å². The SMILES string of the molecule is CCCC1C=C(C(C)(C)C)C=[C]1[Zr+2](=[C](c1cccc(C(F)(F)F)c1)c1cccc(C(F)(F)F)c1)[CH]1c2cc(C(C)(C)C)c(C(C)(C)C)cc2-c2cc(C(C)(C)C)c(C(C)(C)C)cc21.[Cl-].[Cl-]. The van der Waals surface area contributed by atoms with E-state index < -0.39 is 44.7 Å². The summed E-state index contributed by atoms with van der Waals surface area (Å²) in [5.74, 6) is -0.00964. The largest absolute Gasteiger partial charge is 1.00 e. The molecule has 0 bridgehead atoms. The van der Waals surface area contributed by atoms with Crippen molar-refractivity contribution in [1.29, 1.82) is 0 Å². The van der Waals surface area contributed by atoms with E-state index in [1.54, 1.807) is 12.1 Å². The molecule has 352 valence electrons. The zero-order valence-electron chi connectivity index (χ0n) is 41.2. The van der Waals surface area contributed by atoms with Crippen LogP contribution in [0.25, 0.3) is 11.1 Å². The van der Waals surface area contributed by atoms with Gasteiger partial charge in [0.1, 0.15) is 0 Å². The molecule has 6 rings (SSSR count). The zero-order valence-corrected chi connectivity index (χ0v) is 45.1. The van der Waals surface area contributed by atoms with Gasteiger partial charge >= 0.3 is 384 Å². The van der Waals surface area contributed by atoms with Crippen molar-refractivity contribution < 1.29 is 72.4 Å². The molecule has 2 aliphatic rings. The maximum atomic E-state index is 14.8. The fourth-order valence-corrected chi connectivity index (χ4v) is 19.2. The van der Waals surface area contributed by atoms with Crippen molar-refractivity contribution in [2.75, 3.05) is 0 Å². The number of alkyl halides is 6. The van der Waals surface area contributed by atoms with Crippen molar-refractivity contribution in [3.63, 3.8) is 0 Å². The molecule has 1 atom stereocenters. The van der Waals surface area contributed by atoms with Crippen LogP contribution in [0.15, 0.2) is 93.8 Å². The molecule has 0 radical (unpaired) electrons. The third kappa shape index (κ3) is 11.3. The van der Waals surface area contributed by atoms with Crippen molar-refractivity contribution in [3.8, 4) is 11.1 Å². The number of allylic oxidation sites excluding steroid dienone is 4. The molecule has 0 nitrogen and oxygen atoms in total. The molecule has 1 unspecified atom stereocenters. The summed E-state index contributed by atoms with van der Waals surface area (Å²) in [5, 5.41) is 0. The Kier molecular flexibility index (Phi) is 15.7. The first-order chi connectivity index (χ1) is 28.6. The van der Waals surface area contributed by atoms with E-state index in [0.717, 1.165) is 52.8 Å². The van der Waals surface area contributed by atoms with Crippen LogP contribution in [0.1, 0.15) is 183 Å². The van der Waals surface area contributed by atoms with Crippen LogP contribution in [0.2, 0.25) is 0 Å². The van der Waals surface area contributed by atoms with Gasteiger partial charge in [-0.1, -0.05) is 0 Å². The minimum absolute atomic E-state index is 0. The second kappa shape index (κ2) is 18.6. The van der Waals surface area contributed by atoms with Gasteiger partial charge in [-0.3, -0.25) is 0 Å². The molecule has 0 saturated carbocycles. The minimum Gasteiger partial charge on any atom is -1.00 e. The number of benzene rings is 4. The molecule has 0 heterocycles. The fourth-order valence-electron chi connectivity index (χ4n) is 9.70. The number of rotatable bonds is 6. The van der Waals surface area contributed by atoms with Crippen molar-refractivity contribution >= 4 is 3.21 Å². The Morgan fingerprint density at radius 3 is 1.20 bits per heavy atom. The second-order valence-electron chi connectivity index (χ2n) is 23.2. The molecule has 4 aromatic rings. The summed E-state index contributed by atoms with van der Waals surface area (Å²) in [6, 6.07) is 20.4. The average molecular weight is 1020 g/mol. The van der Waals surface area contributed by atoms with Gasteiger partial charge in [0.25, 0.3) is 0 Å². The molecular weight excluding hydrogens is 949 g/mol. The van der Waals surface area contributed by atoms with E-state index in [9.17, 15) is 26.3 Å². The van der Waals surface area contributed by atoms with Crippen LogP contribution in [0, 0.1) is 11.3 Å². The molecule has 0 amide bonds. The zero-order chi connectivity index (χ0) is 47.2. The number of hydrogen-bond donors (Lipinski definition) is 0. The van der Waals surface area contributed by atoms with Gasteiger partial charge in [0.2, 0.25) is 0 Å². The molecule has 0 fully saturated rings. The van der Waals surface area contributed by atoms with E-state index in [1.807, 2.05) is 0 Å². The summed E-state index contributed by atoms with van der Waals surface area (Å²) in [6.45, 7) is 35.6. The maximum Gasteiger partial charge on any atom is -1.00 e. The molecule has 65 heavy (non-hydrogen) atoms. The van der Waals surface area contributed by atoms with Crippen LogP contribution in [0.4, 0.5) is 26.3 Å². The fraction of sp³-hybridized carbons (Fsp3) is 0.482. The normalized spacial score (nSPS) is 15.9. The predicted octanol–water partition coefficient (Wildman–Crippen LogP) is 11.2. The first-order valence-electron chi connectivity index (χ1n) is 22.6. The summed E-state index contributed by atoms with van der Waals surface area (Å²) in [7, 11) is 0. The Balaban J connectivity index is 0.00000462. The Morgan fingerprint density at radius 2 is 0.877 bits per heavy atom. The monoisotopic (exact) mass is 1010 g/mol. The Labute approximate surface area is 406 Å². The predicted molar refractivity (Wildman–Crippen MR) is 249 cm³/mol. The number of fused-ring (bicyclic) bond motifs is 3. The Bertz CT molecular complexity index is 2380. The number of halogens is 8. The summed E-state index contributed by atoms with van der Waals surface area (Å²) in [5.41, 5.74) is 8.47. The van der Waals surface area contributed by atoms with Gasteiger partial charge in [-0.05, 0) is 0 Å². The first kappa shape index (κ1) is 54.9. The van der Waals surface area contributed by atoms with Crippen LogP contribution < -0.4 is 24.8 Å². The Morgan fingerprint density at radius 1 is 0.508 bits per heavy atom. The summed E-state index contributed by atoms with van der Waals surface area (Å²) >= 11 is -3.98. The average Bonchev–Trinajstić information content (AvgIpc) is 3.70. The van der Waals surface area contributed by atoms with Crippen LogP contribution >= 0.6 is 0 Å². The molecule has 0 aliphatic heterocycles. The van der Waals surface area contributed by atoms with Crippen molar-refractivity contribution in [1.82, 2.24) is 0 Å². The van der Waals surface area contributed by atoms with E-state index in [1.165, 1.54) is 49.8 Å². The van der Waals surface area contributed by atoms with E-state index in [0.29, 0.717) is 14.3 Å². The molecule has 0 saturated heterocycles. The van der Waals surface area contributed by atoms with Gasteiger partial charge in [0.05, 0.1) is 0 Å². The van der Waals surface area contributed by atoms with Crippen molar-refractivity contribution in [2.24, 2.45) is 11.3 Å². The molecule has 0 spiro atoms. The van der Waals surface area contributed by atoms with E-state index in [2.05, 4.69) is 147 Å². The summed E-state index contributed by atoms with van der Waals surface area (Å²) in [6.07, 6.45) is -2.92. The molecule has 4 aromatic carbocycles. The van der Waals surface area contributed by atoms with Gasteiger partial charge in [-0.2, -0.15) is 0 Å². The second-order valence-corrected chi connectivity index (χ2v) is 29.3. The van der Waals surface area contributed by atoms with Crippen LogP contribution in [-0.2, 0) is 55.3 Å².